The maximum absolute atomic E-state index is 12.3. The summed E-state index contributed by atoms with van der Waals surface area (Å²) >= 11 is 1.16. The molecule has 1 aliphatic rings. The molecule has 1 atom stereocenters. The molecule has 6 heteroatoms. The number of amides is 1. The molecule has 1 aromatic rings. The number of thiazole rings is 1. The second kappa shape index (κ2) is 6.35. The zero-order valence-corrected chi connectivity index (χ0v) is 12.9. The van der Waals surface area contributed by atoms with Gasteiger partial charge in [-0.3, -0.25) is 4.79 Å². The van der Waals surface area contributed by atoms with Crippen molar-refractivity contribution in [2.75, 3.05) is 19.7 Å². The summed E-state index contributed by atoms with van der Waals surface area (Å²) in [4.78, 5) is 29.8. The van der Waals surface area contributed by atoms with Crippen LogP contribution in [0.2, 0.25) is 0 Å². The highest BCUT2D eigenvalue weighted by atomic mass is 32.1. The second-order valence-electron chi connectivity index (χ2n) is 5.30. The van der Waals surface area contributed by atoms with Crippen molar-refractivity contribution >= 4 is 23.2 Å². The first-order valence-corrected chi connectivity index (χ1v) is 7.82. The molecule has 1 fully saturated rings. The largest absolute Gasteiger partial charge is 0.461 e. The number of nitrogens with zero attached hydrogens (tertiary/aromatic N) is 2. The lowest BCUT2D eigenvalue weighted by Crippen LogP contribution is -2.29. The molecule has 110 valence electrons. The van der Waals surface area contributed by atoms with Gasteiger partial charge in [-0.1, -0.05) is 13.8 Å². The first-order valence-electron chi connectivity index (χ1n) is 6.94. The highest BCUT2D eigenvalue weighted by Crippen LogP contribution is 2.25. The third-order valence-corrected chi connectivity index (χ3v) is 4.45. The number of esters is 1. The molecule has 0 bridgehead atoms. The smallest absolute Gasteiger partial charge is 0.367 e. The number of hydrogen-bond acceptors (Lipinski definition) is 5. The first-order chi connectivity index (χ1) is 9.52. The first kappa shape index (κ1) is 15.0. The summed E-state index contributed by atoms with van der Waals surface area (Å²) in [5, 5.41) is 1.88. The quantitative estimate of drug-likeness (QED) is 0.801. The van der Waals surface area contributed by atoms with Crippen molar-refractivity contribution in [1.29, 1.82) is 0 Å². The van der Waals surface area contributed by atoms with Gasteiger partial charge >= 0.3 is 5.97 Å². The third kappa shape index (κ3) is 3.17. The Kier molecular flexibility index (Phi) is 4.75. The van der Waals surface area contributed by atoms with Crippen LogP contribution in [0.15, 0.2) is 5.38 Å². The summed E-state index contributed by atoms with van der Waals surface area (Å²) in [6.45, 7) is 7.97. The molecule has 1 saturated heterocycles. The van der Waals surface area contributed by atoms with Crippen LogP contribution < -0.4 is 0 Å². The molecule has 2 rings (SSSR count). The average Bonchev–Trinajstić information content (AvgIpc) is 3.08. The zero-order valence-electron chi connectivity index (χ0n) is 12.1. The van der Waals surface area contributed by atoms with Crippen LogP contribution >= 0.6 is 11.3 Å². The van der Waals surface area contributed by atoms with Gasteiger partial charge in [0.05, 0.1) is 6.61 Å². The van der Waals surface area contributed by atoms with Crippen molar-refractivity contribution in [2.45, 2.75) is 27.2 Å². The fraction of sp³-hybridized carbons (Fsp3) is 0.643. The number of hydrogen-bond donors (Lipinski definition) is 0. The van der Waals surface area contributed by atoms with Gasteiger partial charge in [-0.05, 0) is 25.2 Å². The lowest BCUT2D eigenvalue weighted by Gasteiger charge is -2.17. The zero-order chi connectivity index (χ0) is 14.7. The Morgan fingerprint density at radius 3 is 2.90 bits per heavy atom. The Bertz CT molecular complexity index is 498. The van der Waals surface area contributed by atoms with Crippen molar-refractivity contribution < 1.29 is 14.3 Å². The number of carbonyl (C=O) groups is 2. The molecule has 20 heavy (non-hydrogen) atoms. The maximum atomic E-state index is 12.3. The normalized spacial score (nSPS) is 18.6. The van der Waals surface area contributed by atoms with Crippen LogP contribution in [-0.4, -0.2) is 41.5 Å². The third-order valence-electron chi connectivity index (χ3n) is 3.63. The minimum Gasteiger partial charge on any atom is -0.461 e. The molecule has 1 unspecified atom stereocenters. The summed E-state index contributed by atoms with van der Waals surface area (Å²) < 4.78 is 4.88. The fourth-order valence-electron chi connectivity index (χ4n) is 2.34. The van der Waals surface area contributed by atoms with E-state index in [0.717, 1.165) is 30.8 Å². The fourth-order valence-corrected chi connectivity index (χ4v) is 3.02. The van der Waals surface area contributed by atoms with Gasteiger partial charge in [-0.15, -0.1) is 11.3 Å². The van der Waals surface area contributed by atoms with Gasteiger partial charge in [-0.25, -0.2) is 9.78 Å². The number of likely N-dealkylation sites (tertiary alicyclic amines) is 1. The Labute approximate surface area is 122 Å². The van der Waals surface area contributed by atoms with Crippen molar-refractivity contribution in [3.05, 3.63) is 16.1 Å². The summed E-state index contributed by atoms with van der Waals surface area (Å²) in [7, 11) is 0. The van der Waals surface area contributed by atoms with E-state index in [1.807, 2.05) is 4.90 Å². The van der Waals surface area contributed by atoms with Crippen LogP contribution in [0.4, 0.5) is 0 Å². The molecule has 1 amide bonds. The van der Waals surface area contributed by atoms with E-state index in [4.69, 9.17) is 4.74 Å². The Morgan fingerprint density at radius 2 is 2.30 bits per heavy atom. The molecule has 1 aliphatic heterocycles. The van der Waals surface area contributed by atoms with Gasteiger partial charge in [0, 0.05) is 18.5 Å². The predicted octanol–water partition coefficient (Wildman–Crippen LogP) is 2.44. The Hall–Kier alpha value is -1.43. The molecule has 0 N–H and O–H groups in total. The minimum atomic E-state index is -0.460. The predicted molar refractivity (Wildman–Crippen MR) is 76.9 cm³/mol. The van der Waals surface area contributed by atoms with Crippen LogP contribution in [0, 0.1) is 11.8 Å². The molecule has 5 nitrogen and oxygen atoms in total. The van der Waals surface area contributed by atoms with Gasteiger partial charge in [0.25, 0.3) is 5.91 Å². The van der Waals surface area contributed by atoms with Gasteiger partial charge in [-0.2, -0.15) is 0 Å². The average molecular weight is 296 g/mol. The van der Waals surface area contributed by atoms with E-state index in [1.54, 1.807) is 12.3 Å². The molecule has 0 aliphatic carbocycles. The van der Waals surface area contributed by atoms with E-state index in [1.165, 1.54) is 0 Å². The maximum Gasteiger partial charge on any atom is 0.367 e. The van der Waals surface area contributed by atoms with E-state index in [2.05, 4.69) is 18.8 Å². The summed E-state index contributed by atoms with van der Waals surface area (Å²) in [6, 6.07) is 0. The van der Waals surface area contributed by atoms with E-state index >= 15 is 0 Å². The monoisotopic (exact) mass is 296 g/mol. The Balaban J connectivity index is 2.02. The SMILES string of the molecule is CCOC(=O)c1nc(C(=O)N2CCC(C(C)C)C2)cs1. The second-order valence-corrected chi connectivity index (χ2v) is 6.16. The van der Waals surface area contributed by atoms with Crippen LogP contribution in [-0.2, 0) is 4.74 Å². The van der Waals surface area contributed by atoms with Crippen molar-refractivity contribution in [1.82, 2.24) is 9.88 Å². The van der Waals surface area contributed by atoms with E-state index in [-0.39, 0.29) is 10.9 Å². The highest BCUT2D eigenvalue weighted by molar-refractivity contribution is 7.11. The van der Waals surface area contributed by atoms with Crippen LogP contribution in [0.1, 0.15) is 47.5 Å². The van der Waals surface area contributed by atoms with Crippen LogP contribution in [0.25, 0.3) is 0 Å². The number of carbonyl (C=O) groups excluding carboxylic acids is 2. The topological polar surface area (TPSA) is 59.5 Å². The van der Waals surface area contributed by atoms with Gasteiger partial charge in [0.2, 0.25) is 5.01 Å². The molecular weight excluding hydrogens is 276 g/mol. The lowest BCUT2D eigenvalue weighted by molar-refractivity contribution is 0.0526. The lowest BCUT2D eigenvalue weighted by atomic mass is 9.95. The molecular formula is C14H20N2O3S. The summed E-state index contributed by atoms with van der Waals surface area (Å²) in [5.74, 6) is 0.596. The van der Waals surface area contributed by atoms with Gasteiger partial charge in [0.1, 0.15) is 5.69 Å². The molecule has 1 aromatic heterocycles. The van der Waals surface area contributed by atoms with Crippen molar-refractivity contribution in [3.63, 3.8) is 0 Å². The van der Waals surface area contributed by atoms with Gasteiger partial charge in [0.15, 0.2) is 0 Å². The molecule has 0 radical (unpaired) electrons. The van der Waals surface area contributed by atoms with E-state index < -0.39 is 5.97 Å². The van der Waals surface area contributed by atoms with Crippen molar-refractivity contribution in [3.8, 4) is 0 Å². The summed E-state index contributed by atoms with van der Waals surface area (Å²) in [5.41, 5.74) is 0.349. The minimum absolute atomic E-state index is 0.0834. The number of aromatic nitrogens is 1. The molecule has 0 spiro atoms. The standard InChI is InChI=1S/C14H20N2O3S/c1-4-19-14(18)12-15-11(8-20-12)13(17)16-6-5-10(7-16)9(2)3/h8-10H,4-7H2,1-3H3. The molecule has 0 aromatic carbocycles. The highest BCUT2D eigenvalue weighted by Gasteiger charge is 2.30. The van der Waals surface area contributed by atoms with Gasteiger partial charge < -0.3 is 9.64 Å². The summed E-state index contributed by atoms with van der Waals surface area (Å²) in [6.07, 6.45) is 1.04. The Morgan fingerprint density at radius 1 is 1.55 bits per heavy atom. The molecule has 0 saturated carbocycles. The molecule has 2 heterocycles. The number of ether oxygens (including phenoxy) is 1. The van der Waals surface area contributed by atoms with E-state index in [9.17, 15) is 9.59 Å². The van der Waals surface area contributed by atoms with E-state index in [0.29, 0.717) is 24.1 Å². The van der Waals surface area contributed by atoms with Crippen LogP contribution in [0.5, 0.6) is 0 Å². The van der Waals surface area contributed by atoms with Crippen molar-refractivity contribution in [2.24, 2.45) is 11.8 Å². The van der Waals surface area contributed by atoms with Crippen LogP contribution in [0.3, 0.4) is 0 Å². The number of rotatable bonds is 4.